The number of rotatable bonds is 4. The average Bonchev–Trinajstić information content (AvgIpc) is 2.60. The molecule has 1 aliphatic rings. The van der Waals surface area contributed by atoms with Crippen molar-refractivity contribution in [2.75, 3.05) is 18.4 Å². The van der Waals surface area contributed by atoms with E-state index >= 15 is 0 Å². The molecule has 2 aromatic carbocycles. The van der Waals surface area contributed by atoms with Gasteiger partial charge in [0.1, 0.15) is 0 Å². The number of carbonyl (C=O) groups is 1. The molecule has 0 saturated carbocycles. The van der Waals surface area contributed by atoms with Gasteiger partial charge in [0.2, 0.25) is 0 Å². The highest BCUT2D eigenvalue weighted by Gasteiger charge is 2.23. The molecule has 1 fully saturated rings. The minimum absolute atomic E-state index is 0.00652. The molecule has 1 atom stereocenters. The topological polar surface area (TPSA) is 52.6 Å². The van der Waals surface area contributed by atoms with Crippen LogP contribution < -0.4 is 5.32 Å². The average molecular weight is 324 g/mol. The number of β-amino-alcohol motifs (C(OH)–C–C–N with tert-alkyl or cyclic N) is 1. The molecule has 3 rings (SSSR count). The Balaban J connectivity index is 1.66. The monoisotopic (exact) mass is 324 g/mol. The molecule has 0 spiro atoms. The van der Waals surface area contributed by atoms with E-state index < -0.39 is 6.10 Å². The number of aliphatic hydroxyl groups is 1. The van der Waals surface area contributed by atoms with E-state index in [9.17, 15) is 9.90 Å². The van der Waals surface area contributed by atoms with Gasteiger partial charge in [-0.05, 0) is 43.5 Å². The molecule has 0 bridgehead atoms. The number of nitrogens with one attached hydrogen (secondary N) is 1. The van der Waals surface area contributed by atoms with E-state index in [1.54, 1.807) is 4.90 Å². The highest BCUT2D eigenvalue weighted by molar-refractivity contribution is 5.95. The summed E-state index contributed by atoms with van der Waals surface area (Å²) in [5.41, 5.74) is 4.05. The SMILES string of the molecule is Cc1cccc(CNc2cccc(C(=O)N3CCC[C@H](O)C3)c2)c1. The van der Waals surface area contributed by atoms with Crippen molar-refractivity contribution < 1.29 is 9.90 Å². The van der Waals surface area contributed by atoms with Crippen molar-refractivity contribution in [1.29, 1.82) is 0 Å². The van der Waals surface area contributed by atoms with Crippen LogP contribution in [-0.4, -0.2) is 35.1 Å². The largest absolute Gasteiger partial charge is 0.391 e. The van der Waals surface area contributed by atoms with Crippen molar-refractivity contribution >= 4 is 11.6 Å². The molecule has 2 N–H and O–H groups in total. The van der Waals surface area contributed by atoms with Gasteiger partial charge in [-0.15, -0.1) is 0 Å². The minimum atomic E-state index is -0.398. The molecule has 1 heterocycles. The number of benzene rings is 2. The zero-order valence-electron chi connectivity index (χ0n) is 14.0. The zero-order chi connectivity index (χ0) is 16.9. The first-order chi connectivity index (χ1) is 11.6. The van der Waals surface area contributed by atoms with Crippen LogP contribution in [0.1, 0.15) is 34.3 Å². The van der Waals surface area contributed by atoms with Crippen LogP contribution in [0.2, 0.25) is 0 Å². The third-order valence-corrected chi connectivity index (χ3v) is 4.37. The van der Waals surface area contributed by atoms with Crippen LogP contribution in [0.5, 0.6) is 0 Å². The molecule has 0 radical (unpaired) electrons. The predicted molar refractivity (Wildman–Crippen MR) is 96.1 cm³/mol. The van der Waals surface area contributed by atoms with Crippen molar-refractivity contribution in [3.05, 3.63) is 65.2 Å². The summed E-state index contributed by atoms with van der Waals surface area (Å²) >= 11 is 0. The molecular formula is C20H24N2O2. The minimum Gasteiger partial charge on any atom is -0.391 e. The fourth-order valence-corrected chi connectivity index (χ4v) is 3.11. The normalized spacial score (nSPS) is 17.6. The molecule has 4 heteroatoms. The standard InChI is InChI=1S/C20H24N2O2/c1-15-5-2-6-16(11-15)13-21-18-8-3-7-17(12-18)20(24)22-10-4-9-19(23)14-22/h2-3,5-8,11-12,19,21,23H,4,9-10,13-14H2,1H3/t19-/m0/s1. The van der Waals surface area contributed by atoms with Crippen LogP contribution >= 0.6 is 0 Å². The van der Waals surface area contributed by atoms with E-state index in [-0.39, 0.29) is 5.91 Å². The lowest BCUT2D eigenvalue weighted by Crippen LogP contribution is -2.42. The molecule has 2 aromatic rings. The first-order valence-corrected chi connectivity index (χ1v) is 8.48. The highest BCUT2D eigenvalue weighted by Crippen LogP contribution is 2.17. The van der Waals surface area contributed by atoms with Crippen molar-refractivity contribution in [3.8, 4) is 0 Å². The number of piperidine rings is 1. The van der Waals surface area contributed by atoms with Gasteiger partial charge >= 0.3 is 0 Å². The molecule has 1 amide bonds. The van der Waals surface area contributed by atoms with Gasteiger partial charge in [0.25, 0.3) is 5.91 Å². The summed E-state index contributed by atoms with van der Waals surface area (Å²) in [6, 6.07) is 16.0. The van der Waals surface area contributed by atoms with Crippen LogP contribution in [0.3, 0.4) is 0 Å². The number of aryl methyl sites for hydroxylation is 1. The van der Waals surface area contributed by atoms with Crippen LogP contribution in [0, 0.1) is 6.92 Å². The molecule has 1 aliphatic heterocycles. The van der Waals surface area contributed by atoms with Gasteiger partial charge in [-0.25, -0.2) is 0 Å². The van der Waals surface area contributed by atoms with Crippen molar-refractivity contribution in [2.24, 2.45) is 0 Å². The third kappa shape index (κ3) is 4.15. The van der Waals surface area contributed by atoms with E-state index in [1.807, 2.05) is 30.3 Å². The number of aliphatic hydroxyl groups excluding tert-OH is 1. The Labute approximate surface area is 143 Å². The molecule has 0 aromatic heterocycles. The Kier molecular flexibility index (Phi) is 5.16. The van der Waals surface area contributed by atoms with Gasteiger partial charge in [0.15, 0.2) is 0 Å². The van der Waals surface area contributed by atoms with Crippen molar-refractivity contribution in [2.45, 2.75) is 32.4 Å². The molecule has 1 saturated heterocycles. The lowest BCUT2D eigenvalue weighted by molar-refractivity contribution is 0.0474. The van der Waals surface area contributed by atoms with Gasteiger partial charge in [0, 0.05) is 30.9 Å². The van der Waals surface area contributed by atoms with Crippen LogP contribution in [0.15, 0.2) is 48.5 Å². The second-order valence-electron chi connectivity index (χ2n) is 6.47. The van der Waals surface area contributed by atoms with Gasteiger partial charge < -0.3 is 15.3 Å². The van der Waals surface area contributed by atoms with E-state index in [2.05, 4.69) is 30.4 Å². The van der Waals surface area contributed by atoms with E-state index in [0.717, 1.165) is 31.6 Å². The quantitative estimate of drug-likeness (QED) is 0.908. The van der Waals surface area contributed by atoms with Gasteiger partial charge in [0.05, 0.1) is 6.10 Å². The molecule has 0 aliphatic carbocycles. The predicted octanol–water partition coefficient (Wildman–Crippen LogP) is 3.20. The Morgan fingerprint density at radius 2 is 2.08 bits per heavy atom. The smallest absolute Gasteiger partial charge is 0.254 e. The number of likely N-dealkylation sites (tertiary alicyclic amines) is 1. The van der Waals surface area contributed by atoms with Crippen LogP contribution in [0.25, 0.3) is 0 Å². The summed E-state index contributed by atoms with van der Waals surface area (Å²) in [6.45, 7) is 3.95. The fraction of sp³-hybridized carbons (Fsp3) is 0.350. The third-order valence-electron chi connectivity index (χ3n) is 4.37. The molecule has 24 heavy (non-hydrogen) atoms. The Bertz CT molecular complexity index is 714. The van der Waals surface area contributed by atoms with E-state index in [0.29, 0.717) is 12.1 Å². The van der Waals surface area contributed by atoms with Crippen molar-refractivity contribution in [3.63, 3.8) is 0 Å². The van der Waals surface area contributed by atoms with Crippen molar-refractivity contribution in [1.82, 2.24) is 4.90 Å². The Hall–Kier alpha value is -2.33. The Morgan fingerprint density at radius 3 is 2.88 bits per heavy atom. The number of hydrogen-bond donors (Lipinski definition) is 2. The van der Waals surface area contributed by atoms with E-state index in [4.69, 9.17) is 0 Å². The zero-order valence-corrected chi connectivity index (χ0v) is 14.0. The maximum atomic E-state index is 12.6. The number of anilines is 1. The maximum absolute atomic E-state index is 12.6. The fourth-order valence-electron chi connectivity index (χ4n) is 3.11. The van der Waals surface area contributed by atoms with E-state index in [1.165, 1.54) is 11.1 Å². The molecule has 126 valence electrons. The van der Waals surface area contributed by atoms with Gasteiger partial charge in [-0.3, -0.25) is 4.79 Å². The Morgan fingerprint density at radius 1 is 1.25 bits per heavy atom. The number of nitrogens with zero attached hydrogens (tertiary/aromatic N) is 1. The maximum Gasteiger partial charge on any atom is 0.254 e. The summed E-state index contributed by atoms with van der Waals surface area (Å²) < 4.78 is 0. The van der Waals surface area contributed by atoms with Crippen LogP contribution in [0.4, 0.5) is 5.69 Å². The molecule has 0 unspecified atom stereocenters. The first-order valence-electron chi connectivity index (χ1n) is 8.48. The summed E-state index contributed by atoms with van der Waals surface area (Å²) in [4.78, 5) is 14.3. The number of carbonyl (C=O) groups excluding carboxylic acids is 1. The lowest BCUT2D eigenvalue weighted by Gasteiger charge is -2.30. The second kappa shape index (κ2) is 7.49. The molecular weight excluding hydrogens is 300 g/mol. The summed E-state index contributed by atoms with van der Waals surface area (Å²) in [5, 5.41) is 13.1. The summed E-state index contributed by atoms with van der Waals surface area (Å²) in [7, 11) is 0. The summed E-state index contributed by atoms with van der Waals surface area (Å²) in [5.74, 6) is -0.00652. The van der Waals surface area contributed by atoms with Crippen LogP contribution in [-0.2, 0) is 6.54 Å². The molecule has 4 nitrogen and oxygen atoms in total. The van der Waals surface area contributed by atoms with Gasteiger partial charge in [-0.2, -0.15) is 0 Å². The number of hydrogen-bond acceptors (Lipinski definition) is 3. The highest BCUT2D eigenvalue weighted by atomic mass is 16.3. The second-order valence-corrected chi connectivity index (χ2v) is 6.47. The van der Waals surface area contributed by atoms with Gasteiger partial charge in [-0.1, -0.05) is 35.9 Å². The summed E-state index contributed by atoms with van der Waals surface area (Å²) in [6.07, 6.45) is 1.24. The number of amides is 1. The lowest BCUT2D eigenvalue weighted by atomic mass is 10.1. The first kappa shape index (κ1) is 16.5.